The number of methoxy groups -OCH3 is 2. The Labute approximate surface area is 125 Å². The van der Waals surface area contributed by atoms with Crippen molar-refractivity contribution in [3.05, 3.63) is 23.3 Å². The predicted molar refractivity (Wildman–Crippen MR) is 78.4 cm³/mol. The van der Waals surface area contributed by atoms with Crippen LogP contribution < -0.4 is 9.47 Å². The average Bonchev–Trinajstić information content (AvgIpc) is 2.53. The second-order valence-corrected chi connectivity index (χ2v) is 6.07. The minimum atomic E-state index is -0.524. The summed E-state index contributed by atoms with van der Waals surface area (Å²) in [6, 6.07) is 6.31. The number of aliphatic hydroxyl groups excluding tert-OH is 1. The quantitative estimate of drug-likeness (QED) is 0.908. The highest BCUT2D eigenvalue weighted by Crippen LogP contribution is 2.54. The summed E-state index contributed by atoms with van der Waals surface area (Å²) < 4.78 is 10.7. The van der Waals surface area contributed by atoms with Crippen molar-refractivity contribution in [3.63, 3.8) is 0 Å². The Morgan fingerprint density at radius 2 is 1.95 bits per heavy atom. The first-order valence-corrected chi connectivity index (χ1v) is 7.52. The Balaban J connectivity index is 2.21. The zero-order chi connectivity index (χ0) is 15.0. The zero-order valence-corrected chi connectivity index (χ0v) is 12.6. The van der Waals surface area contributed by atoms with Crippen LogP contribution in [0.2, 0.25) is 0 Å². The molecule has 0 spiro atoms. The lowest BCUT2D eigenvalue weighted by Gasteiger charge is -2.45. The summed E-state index contributed by atoms with van der Waals surface area (Å²) in [5, 5.41) is 20.4. The molecule has 0 heterocycles. The Morgan fingerprint density at radius 3 is 2.62 bits per heavy atom. The third kappa shape index (κ3) is 1.99. The lowest BCUT2D eigenvalue weighted by Crippen LogP contribution is -2.42. The molecule has 0 radical (unpaired) electrons. The average molecular weight is 287 g/mol. The lowest BCUT2D eigenvalue weighted by atomic mass is 9.57. The highest BCUT2D eigenvalue weighted by atomic mass is 16.5. The largest absolute Gasteiger partial charge is 0.493 e. The second-order valence-electron chi connectivity index (χ2n) is 6.07. The summed E-state index contributed by atoms with van der Waals surface area (Å²) in [6.07, 6.45) is 4.22. The minimum absolute atomic E-state index is 0.233. The summed E-state index contributed by atoms with van der Waals surface area (Å²) in [5.41, 5.74) is 1.28. The van der Waals surface area contributed by atoms with Crippen molar-refractivity contribution in [1.29, 1.82) is 5.26 Å². The molecule has 0 unspecified atom stereocenters. The Kier molecular flexibility index (Phi) is 3.54. The highest BCUT2D eigenvalue weighted by molar-refractivity contribution is 5.54. The topological polar surface area (TPSA) is 62.5 Å². The van der Waals surface area contributed by atoms with Crippen molar-refractivity contribution in [2.45, 2.75) is 43.6 Å². The minimum Gasteiger partial charge on any atom is -0.493 e. The molecule has 112 valence electrons. The van der Waals surface area contributed by atoms with E-state index in [0.29, 0.717) is 17.9 Å². The van der Waals surface area contributed by atoms with Crippen molar-refractivity contribution in [2.24, 2.45) is 5.92 Å². The van der Waals surface area contributed by atoms with Gasteiger partial charge in [0.1, 0.15) is 0 Å². The maximum atomic E-state index is 10.5. The van der Waals surface area contributed by atoms with Gasteiger partial charge >= 0.3 is 0 Å². The first-order valence-electron chi connectivity index (χ1n) is 7.52. The zero-order valence-electron chi connectivity index (χ0n) is 12.6. The van der Waals surface area contributed by atoms with Crippen molar-refractivity contribution in [2.75, 3.05) is 14.2 Å². The summed E-state index contributed by atoms with van der Waals surface area (Å²) >= 11 is 0. The van der Waals surface area contributed by atoms with E-state index in [9.17, 15) is 10.4 Å². The van der Waals surface area contributed by atoms with E-state index >= 15 is 0 Å². The molecule has 1 aromatic rings. The molecule has 0 bridgehead atoms. The van der Waals surface area contributed by atoms with Crippen LogP contribution >= 0.6 is 0 Å². The number of ether oxygens (including phenoxy) is 2. The Hall–Kier alpha value is -1.73. The Morgan fingerprint density at radius 1 is 1.24 bits per heavy atom. The van der Waals surface area contributed by atoms with Gasteiger partial charge in [0, 0.05) is 0 Å². The van der Waals surface area contributed by atoms with Crippen LogP contribution in [-0.2, 0) is 5.41 Å². The van der Waals surface area contributed by atoms with Crippen molar-refractivity contribution >= 4 is 0 Å². The molecule has 2 aliphatic carbocycles. The molecule has 2 aliphatic rings. The van der Waals surface area contributed by atoms with E-state index in [4.69, 9.17) is 9.47 Å². The van der Waals surface area contributed by atoms with E-state index in [1.54, 1.807) is 14.2 Å². The maximum absolute atomic E-state index is 10.5. The van der Waals surface area contributed by atoms with Crippen molar-refractivity contribution in [1.82, 2.24) is 0 Å². The standard InChI is InChI=1S/C17H21NO3/c1-20-15-8-12-13(9-16(15)21-2)17(10-18)6-4-3-5-11(17)7-14(12)19/h8-9,11,14,19H,3-7H2,1-2H3/t11-,14+,17-/m1/s1. The first kappa shape index (κ1) is 14.2. The summed E-state index contributed by atoms with van der Waals surface area (Å²) in [5.74, 6) is 1.47. The molecule has 0 amide bonds. The smallest absolute Gasteiger partial charge is 0.161 e. The van der Waals surface area contributed by atoms with E-state index in [2.05, 4.69) is 6.07 Å². The van der Waals surface area contributed by atoms with Crippen LogP contribution in [0.5, 0.6) is 11.5 Å². The summed E-state index contributed by atoms with van der Waals surface area (Å²) in [6.45, 7) is 0. The molecule has 1 aromatic carbocycles. The van der Waals surface area contributed by atoms with Crippen LogP contribution in [-0.4, -0.2) is 19.3 Å². The fraction of sp³-hybridized carbons (Fsp3) is 0.588. The van der Waals surface area contributed by atoms with E-state index < -0.39 is 11.5 Å². The maximum Gasteiger partial charge on any atom is 0.161 e. The monoisotopic (exact) mass is 287 g/mol. The molecule has 1 fully saturated rings. The number of hydrogen-bond acceptors (Lipinski definition) is 4. The van der Waals surface area contributed by atoms with Gasteiger partial charge in [0.05, 0.1) is 31.8 Å². The van der Waals surface area contributed by atoms with Crippen molar-refractivity contribution < 1.29 is 14.6 Å². The number of nitriles is 1. The van der Waals surface area contributed by atoms with E-state index in [-0.39, 0.29) is 5.92 Å². The molecule has 1 saturated carbocycles. The van der Waals surface area contributed by atoms with Gasteiger partial charge in [-0.15, -0.1) is 0 Å². The van der Waals surface area contributed by atoms with Gasteiger partial charge in [0.2, 0.25) is 0 Å². The highest BCUT2D eigenvalue weighted by Gasteiger charge is 2.48. The second kappa shape index (κ2) is 5.23. The van der Waals surface area contributed by atoms with Crippen LogP contribution in [0.3, 0.4) is 0 Å². The normalized spacial score (nSPS) is 30.8. The molecule has 3 rings (SSSR count). The van der Waals surface area contributed by atoms with Crippen LogP contribution in [0, 0.1) is 17.2 Å². The predicted octanol–water partition coefficient (Wildman–Crippen LogP) is 3.09. The number of hydrogen-bond donors (Lipinski definition) is 1. The SMILES string of the molecule is COc1cc2c(cc1OC)[C@@]1(C#N)CCCC[C@@H]1C[C@@H]2O. The van der Waals surface area contributed by atoms with Crippen LogP contribution in [0.1, 0.15) is 49.3 Å². The van der Waals surface area contributed by atoms with Gasteiger partial charge in [0.25, 0.3) is 0 Å². The molecule has 21 heavy (non-hydrogen) atoms. The van der Waals surface area contributed by atoms with Gasteiger partial charge in [0.15, 0.2) is 11.5 Å². The van der Waals surface area contributed by atoms with Crippen molar-refractivity contribution in [3.8, 4) is 17.6 Å². The van der Waals surface area contributed by atoms with E-state index in [1.165, 1.54) is 0 Å². The number of nitrogens with zero attached hydrogens (tertiary/aromatic N) is 1. The third-order valence-corrected chi connectivity index (χ3v) is 5.17. The molecular weight excluding hydrogens is 266 g/mol. The van der Waals surface area contributed by atoms with Crippen LogP contribution in [0.25, 0.3) is 0 Å². The number of benzene rings is 1. The van der Waals surface area contributed by atoms with Crippen LogP contribution in [0.15, 0.2) is 12.1 Å². The molecule has 0 aromatic heterocycles. The fourth-order valence-electron chi connectivity index (χ4n) is 4.08. The number of rotatable bonds is 2. The molecule has 0 aliphatic heterocycles. The lowest BCUT2D eigenvalue weighted by molar-refractivity contribution is 0.0844. The molecule has 3 atom stereocenters. The van der Waals surface area contributed by atoms with Gasteiger partial charge in [-0.1, -0.05) is 12.8 Å². The number of fused-ring (bicyclic) bond motifs is 3. The van der Waals surface area contributed by atoms with Gasteiger partial charge in [-0.05, 0) is 48.4 Å². The summed E-state index contributed by atoms with van der Waals surface area (Å²) in [4.78, 5) is 0. The Bertz CT molecular complexity index is 592. The van der Waals surface area contributed by atoms with Gasteiger partial charge in [-0.25, -0.2) is 0 Å². The van der Waals surface area contributed by atoms with Gasteiger partial charge in [-0.2, -0.15) is 5.26 Å². The molecule has 0 saturated heterocycles. The molecule has 4 nitrogen and oxygen atoms in total. The number of aliphatic hydroxyl groups is 1. The first-order chi connectivity index (χ1) is 10.2. The molecule has 1 N–H and O–H groups in total. The molecular formula is C17H21NO3. The third-order valence-electron chi connectivity index (χ3n) is 5.17. The fourth-order valence-corrected chi connectivity index (χ4v) is 4.08. The van der Waals surface area contributed by atoms with Gasteiger partial charge < -0.3 is 14.6 Å². The van der Waals surface area contributed by atoms with E-state index in [1.807, 2.05) is 12.1 Å². The summed E-state index contributed by atoms with van der Waals surface area (Å²) in [7, 11) is 3.18. The van der Waals surface area contributed by atoms with E-state index in [0.717, 1.165) is 36.8 Å². The van der Waals surface area contributed by atoms with Crippen LogP contribution in [0.4, 0.5) is 0 Å². The van der Waals surface area contributed by atoms with Gasteiger partial charge in [-0.3, -0.25) is 0 Å². The molecule has 4 heteroatoms.